The van der Waals surface area contributed by atoms with E-state index in [0.717, 1.165) is 12.2 Å². The van der Waals surface area contributed by atoms with Crippen LogP contribution in [0.15, 0.2) is 30.3 Å². The van der Waals surface area contributed by atoms with E-state index in [0.29, 0.717) is 19.0 Å². The van der Waals surface area contributed by atoms with E-state index in [9.17, 15) is 0 Å². The highest BCUT2D eigenvalue weighted by Crippen LogP contribution is 2.14. The second-order valence-corrected chi connectivity index (χ2v) is 3.06. The minimum absolute atomic E-state index is 0.366. The summed E-state index contributed by atoms with van der Waals surface area (Å²) < 4.78 is 5.19. The molecule has 0 spiro atoms. The summed E-state index contributed by atoms with van der Waals surface area (Å²) in [5.74, 6) is 0.558. The van der Waals surface area contributed by atoms with E-state index in [1.807, 2.05) is 35.2 Å². The summed E-state index contributed by atoms with van der Waals surface area (Å²) in [6.07, 6.45) is 0. The lowest BCUT2D eigenvalue weighted by atomic mass is 10.2. The van der Waals surface area contributed by atoms with Crippen LogP contribution in [0.3, 0.4) is 0 Å². The minimum atomic E-state index is 0.366. The smallest absolute Gasteiger partial charge is 0.360 e. The number of anilines is 1. The zero-order valence-electron chi connectivity index (χ0n) is 7.76. The molecule has 1 fully saturated rings. The lowest BCUT2D eigenvalue weighted by Gasteiger charge is -2.20. The van der Waals surface area contributed by atoms with Crippen LogP contribution < -0.4 is 4.90 Å². The van der Waals surface area contributed by atoms with Crippen LogP contribution in [-0.2, 0) is 4.74 Å². The summed E-state index contributed by atoms with van der Waals surface area (Å²) in [4.78, 5) is 5.17. The topological polar surface area (TPSA) is 48.9 Å². The fraction of sp³-hybridized carbons (Fsp3) is 0.300. The second kappa shape index (κ2) is 4.05. The van der Waals surface area contributed by atoms with Gasteiger partial charge in [0.15, 0.2) is 6.61 Å². The van der Waals surface area contributed by atoms with Crippen molar-refractivity contribution in [2.45, 2.75) is 0 Å². The predicted octanol–water partition coefficient (Wildman–Crippen LogP) is 1.15. The average Bonchev–Trinajstić information content (AvgIpc) is 2.30. The predicted molar refractivity (Wildman–Crippen MR) is 53.2 cm³/mol. The monoisotopic (exact) mass is 189 g/mol. The minimum Gasteiger partial charge on any atom is -0.497 e. The van der Waals surface area contributed by atoms with Crippen molar-refractivity contribution in [1.82, 2.24) is 0 Å². The number of para-hydroxylation sites is 1. The Bertz CT molecular complexity index is 357. The Kier molecular flexibility index (Phi) is 2.58. The first-order chi connectivity index (χ1) is 6.92. The summed E-state index contributed by atoms with van der Waals surface area (Å²) in [7, 11) is 0. The van der Waals surface area contributed by atoms with Gasteiger partial charge in [-0.25, -0.2) is 4.90 Å². The van der Waals surface area contributed by atoms with Gasteiger partial charge in [-0.05, 0) is 12.1 Å². The Morgan fingerprint density at radius 1 is 1.29 bits per heavy atom. The highest BCUT2D eigenvalue weighted by Gasteiger charge is 2.26. The Labute approximate surface area is 82.3 Å². The molecule has 0 aromatic heterocycles. The maximum atomic E-state index is 8.79. The Morgan fingerprint density at radius 2 is 2.07 bits per heavy atom. The third-order valence-corrected chi connectivity index (χ3v) is 2.19. The molecule has 0 radical (unpaired) electrons. The molecular weight excluding hydrogens is 178 g/mol. The summed E-state index contributed by atoms with van der Waals surface area (Å²) in [6.45, 7) is 1.75. The summed E-state index contributed by atoms with van der Waals surface area (Å²) in [5, 5.41) is 0. The third-order valence-electron chi connectivity index (χ3n) is 2.19. The number of ether oxygens (including phenoxy) is 1. The van der Waals surface area contributed by atoms with Crippen molar-refractivity contribution in [1.29, 1.82) is 0 Å². The van der Waals surface area contributed by atoms with Crippen molar-refractivity contribution in [2.75, 3.05) is 24.7 Å². The van der Waals surface area contributed by atoms with Gasteiger partial charge in [0.1, 0.15) is 12.2 Å². The summed E-state index contributed by atoms with van der Waals surface area (Å²) in [6, 6.07) is 9.84. The molecule has 4 heteroatoms. The molecule has 2 rings (SSSR count). The molecule has 0 unspecified atom stereocenters. The highest BCUT2D eigenvalue weighted by atomic mass is 16.5. The van der Waals surface area contributed by atoms with Crippen molar-refractivity contribution in [2.24, 2.45) is 0 Å². The molecule has 0 atom stereocenters. The number of hydrogen-bond acceptors (Lipinski definition) is 1. The SMILES string of the molecule is [N-]=[N+]=C1COCCN1c1ccccc1. The number of benzene rings is 1. The van der Waals surface area contributed by atoms with E-state index in [1.54, 1.807) is 0 Å². The van der Waals surface area contributed by atoms with E-state index >= 15 is 0 Å². The normalized spacial score (nSPS) is 16.6. The maximum absolute atomic E-state index is 8.79. The Hall–Kier alpha value is -1.64. The van der Waals surface area contributed by atoms with Crippen molar-refractivity contribution in [3.05, 3.63) is 35.9 Å². The first kappa shape index (κ1) is 8.94. The van der Waals surface area contributed by atoms with E-state index in [1.165, 1.54) is 0 Å². The Morgan fingerprint density at radius 3 is 2.79 bits per heavy atom. The summed E-state index contributed by atoms with van der Waals surface area (Å²) >= 11 is 0. The zero-order chi connectivity index (χ0) is 9.80. The van der Waals surface area contributed by atoms with Gasteiger partial charge >= 0.3 is 5.84 Å². The van der Waals surface area contributed by atoms with Crippen LogP contribution in [-0.4, -0.2) is 30.4 Å². The fourth-order valence-electron chi connectivity index (χ4n) is 1.50. The molecule has 0 saturated carbocycles. The molecule has 0 N–H and O–H groups in total. The van der Waals surface area contributed by atoms with Crippen LogP contribution in [0.4, 0.5) is 5.69 Å². The number of morpholine rings is 1. The maximum Gasteiger partial charge on any atom is 0.360 e. The van der Waals surface area contributed by atoms with Crippen molar-refractivity contribution < 1.29 is 9.53 Å². The zero-order valence-corrected chi connectivity index (χ0v) is 7.76. The van der Waals surface area contributed by atoms with Gasteiger partial charge in [-0.1, -0.05) is 18.2 Å². The van der Waals surface area contributed by atoms with Gasteiger partial charge in [0.25, 0.3) is 0 Å². The van der Waals surface area contributed by atoms with E-state index in [2.05, 4.69) is 4.79 Å². The van der Waals surface area contributed by atoms with E-state index in [-0.39, 0.29) is 0 Å². The van der Waals surface area contributed by atoms with Gasteiger partial charge in [-0.2, -0.15) is 0 Å². The molecule has 1 aromatic carbocycles. The lowest BCUT2D eigenvalue weighted by Crippen LogP contribution is -2.42. The number of rotatable bonds is 1. The Balaban J connectivity index is 2.28. The van der Waals surface area contributed by atoms with Crippen molar-refractivity contribution in [3.63, 3.8) is 0 Å². The molecule has 1 heterocycles. The molecule has 1 saturated heterocycles. The standard InChI is InChI=1S/C10H11N3O/c11-12-10-8-14-7-6-13(10)9-4-2-1-3-5-9/h1-5H,6-8H2. The molecule has 1 aliphatic heterocycles. The molecule has 0 bridgehead atoms. The van der Waals surface area contributed by atoms with E-state index < -0.39 is 0 Å². The molecule has 4 nitrogen and oxygen atoms in total. The number of nitrogens with zero attached hydrogens (tertiary/aromatic N) is 3. The van der Waals surface area contributed by atoms with Crippen LogP contribution in [0.25, 0.3) is 5.53 Å². The first-order valence-corrected chi connectivity index (χ1v) is 4.53. The first-order valence-electron chi connectivity index (χ1n) is 4.53. The number of hydrogen-bond donors (Lipinski definition) is 0. The fourth-order valence-corrected chi connectivity index (χ4v) is 1.50. The molecule has 0 aliphatic carbocycles. The van der Waals surface area contributed by atoms with Gasteiger partial charge in [-0.3, -0.25) is 0 Å². The van der Waals surface area contributed by atoms with Crippen LogP contribution in [0, 0.1) is 0 Å². The van der Waals surface area contributed by atoms with Gasteiger partial charge < -0.3 is 15.1 Å². The second-order valence-electron chi connectivity index (χ2n) is 3.06. The molecule has 1 aliphatic rings. The average molecular weight is 189 g/mol. The number of amidine groups is 1. The lowest BCUT2D eigenvalue weighted by molar-refractivity contribution is -0.0244. The van der Waals surface area contributed by atoms with Crippen molar-refractivity contribution in [3.8, 4) is 0 Å². The quantitative estimate of drug-likeness (QED) is 0.491. The molecule has 72 valence electrons. The third kappa shape index (κ3) is 1.66. The summed E-state index contributed by atoms with van der Waals surface area (Å²) in [5.41, 5.74) is 9.82. The molecule has 0 amide bonds. The molecule has 1 aromatic rings. The van der Waals surface area contributed by atoms with E-state index in [4.69, 9.17) is 10.3 Å². The van der Waals surface area contributed by atoms with Gasteiger partial charge in [-0.15, -0.1) is 0 Å². The highest BCUT2D eigenvalue weighted by molar-refractivity contribution is 5.95. The largest absolute Gasteiger partial charge is 0.497 e. The van der Waals surface area contributed by atoms with Gasteiger partial charge in [0.05, 0.1) is 6.61 Å². The van der Waals surface area contributed by atoms with Crippen LogP contribution in [0.1, 0.15) is 0 Å². The van der Waals surface area contributed by atoms with Gasteiger partial charge in [0.2, 0.25) is 0 Å². The van der Waals surface area contributed by atoms with Crippen molar-refractivity contribution >= 4 is 11.5 Å². The van der Waals surface area contributed by atoms with Gasteiger partial charge in [0, 0.05) is 0 Å². The molecular formula is C10H11N3O. The molecule has 14 heavy (non-hydrogen) atoms. The van der Waals surface area contributed by atoms with Crippen LogP contribution >= 0.6 is 0 Å². The van der Waals surface area contributed by atoms with Crippen LogP contribution in [0.5, 0.6) is 0 Å². The van der Waals surface area contributed by atoms with Crippen LogP contribution in [0.2, 0.25) is 0 Å².